The Balaban J connectivity index is 1.38. The molecule has 4 aliphatic rings. The van der Waals surface area contributed by atoms with E-state index in [0.717, 1.165) is 25.7 Å². The van der Waals surface area contributed by atoms with Gasteiger partial charge in [-0.15, -0.1) is 0 Å². The normalized spacial score (nSPS) is 27.5. The minimum atomic E-state index is -3.89. The lowest BCUT2D eigenvalue weighted by atomic mass is 9.90. The van der Waals surface area contributed by atoms with Gasteiger partial charge in [0, 0.05) is 39.5 Å². The maximum atomic E-state index is 13.8. The Morgan fingerprint density at radius 3 is 2.21 bits per heavy atom. The summed E-state index contributed by atoms with van der Waals surface area (Å²) in [4.78, 5) is 28.4. The van der Waals surface area contributed by atoms with Crippen molar-refractivity contribution in [2.75, 3.05) is 39.4 Å². The van der Waals surface area contributed by atoms with E-state index >= 15 is 0 Å². The Bertz CT molecular complexity index is 1050. The van der Waals surface area contributed by atoms with Crippen molar-refractivity contribution in [1.82, 2.24) is 14.1 Å². The van der Waals surface area contributed by atoms with Gasteiger partial charge in [-0.05, 0) is 61.3 Å². The summed E-state index contributed by atoms with van der Waals surface area (Å²) < 4.78 is 48.7. The first-order chi connectivity index (χ1) is 16.2. The second kappa shape index (κ2) is 8.87. The van der Waals surface area contributed by atoms with Gasteiger partial charge < -0.3 is 14.5 Å². The number of hydrogen-bond donors (Lipinski definition) is 0. The number of sulfonamides is 1. The van der Waals surface area contributed by atoms with Crippen molar-refractivity contribution in [3.8, 4) is 0 Å². The Morgan fingerprint density at radius 2 is 1.65 bits per heavy atom. The zero-order chi connectivity index (χ0) is 24.1. The van der Waals surface area contributed by atoms with Gasteiger partial charge in [0.25, 0.3) is 0 Å². The third-order valence-corrected chi connectivity index (χ3v) is 9.88. The van der Waals surface area contributed by atoms with Crippen molar-refractivity contribution in [1.29, 1.82) is 0 Å². The molecule has 2 saturated carbocycles. The molecule has 186 valence electrons. The van der Waals surface area contributed by atoms with E-state index in [1.165, 1.54) is 31.2 Å². The van der Waals surface area contributed by atoms with E-state index in [4.69, 9.17) is 4.74 Å². The summed E-state index contributed by atoms with van der Waals surface area (Å²) in [5.74, 6) is -0.208. The van der Waals surface area contributed by atoms with Crippen LogP contribution in [0.15, 0.2) is 29.2 Å². The quantitative estimate of drug-likeness (QED) is 0.604. The van der Waals surface area contributed by atoms with Gasteiger partial charge in [-0.1, -0.05) is 0 Å². The highest BCUT2D eigenvalue weighted by molar-refractivity contribution is 7.89. The van der Waals surface area contributed by atoms with Crippen molar-refractivity contribution >= 4 is 21.8 Å². The summed E-state index contributed by atoms with van der Waals surface area (Å²) in [7, 11) is -3.89. The van der Waals surface area contributed by atoms with Crippen LogP contribution in [0.3, 0.4) is 0 Å². The predicted molar refractivity (Wildman–Crippen MR) is 122 cm³/mol. The first-order valence-electron chi connectivity index (χ1n) is 12.1. The average Bonchev–Trinajstić information content (AvgIpc) is 3.74. The van der Waals surface area contributed by atoms with Crippen LogP contribution in [0.1, 0.15) is 39.0 Å². The summed E-state index contributed by atoms with van der Waals surface area (Å²) in [6, 6.07) is 4.29. The second-order valence-corrected chi connectivity index (χ2v) is 12.0. The van der Waals surface area contributed by atoms with Crippen LogP contribution in [0.5, 0.6) is 0 Å². The predicted octanol–water partition coefficient (Wildman–Crippen LogP) is 1.85. The molecular formula is C24H32FN3O5S. The van der Waals surface area contributed by atoms with Crippen LogP contribution in [0.2, 0.25) is 0 Å². The zero-order valence-corrected chi connectivity index (χ0v) is 20.3. The van der Waals surface area contributed by atoms with Crippen molar-refractivity contribution < 1.29 is 27.1 Å². The molecule has 2 atom stereocenters. The largest absolute Gasteiger partial charge is 0.378 e. The molecule has 0 spiro atoms. The number of nitrogens with zero attached hydrogens (tertiary/aromatic N) is 3. The Hall–Kier alpha value is -2.04. The summed E-state index contributed by atoms with van der Waals surface area (Å²) in [5.41, 5.74) is -0.449. The van der Waals surface area contributed by atoms with E-state index in [-0.39, 0.29) is 41.7 Å². The molecule has 1 aromatic carbocycles. The zero-order valence-electron chi connectivity index (χ0n) is 19.5. The standard InChI is InChI=1S/C24H32FN3O5S/c1-17(29)26-10-12-27(13-11-26)23(30)14-24(8-9-24)22-16-33-15-21(18-2-3-18)28(22)34(31,32)20-6-4-19(25)5-7-20/h4-7,18,21-22H,2-3,8-16H2,1H3/t21-,22+/m0/s1. The fourth-order valence-corrected chi connectivity index (χ4v) is 7.43. The number of benzene rings is 1. The molecule has 1 aromatic rings. The van der Waals surface area contributed by atoms with Gasteiger partial charge in [0.2, 0.25) is 21.8 Å². The molecule has 0 N–H and O–H groups in total. The Kier molecular flexibility index (Phi) is 6.18. The van der Waals surface area contributed by atoms with Crippen LogP contribution in [-0.4, -0.2) is 85.8 Å². The van der Waals surface area contributed by atoms with E-state index in [0.29, 0.717) is 32.8 Å². The molecule has 2 aliphatic heterocycles. The van der Waals surface area contributed by atoms with Crippen molar-refractivity contribution in [3.63, 3.8) is 0 Å². The maximum absolute atomic E-state index is 13.8. The van der Waals surface area contributed by atoms with E-state index in [2.05, 4.69) is 0 Å². The van der Waals surface area contributed by atoms with Crippen molar-refractivity contribution in [3.05, 3.63) is 30.1 Å². The number of carbonyl (C=O) groups excluding carboxylic acids is 2. The molecular weight excluding hydrogens is 461 g/mol. The van der Waals surface area contributed by atoms with Crippen LogP contribution in [0.25, 0.3) is 0 Å². The van der Waals surface area contributed by atoms with Crippen LogP contribution >= 0.6 is 0 Å². The van der Waals surface area contributed by atoms with Crippen LogP contribution in [-0.2, 0) is 24.3 Å². The molecule has 0 unspecified atom stereocenters. The molecule has 34 heavy (non-hydrogen) atoms. The molecule has 10 heteroatoms. The molecule has 2 aliphatic carbocycles. The molecule has 5 rings (SSSR count). The summed E-state index contributed by atoms with van der Waals surface area (Å²) >= 11 is 0. The lowest BCUT2D eigenvalue weighted by Gasteiger charge is -2.45. The number of piperazine rings is 1. The second-order valence-electron chi connectivity index (χ2n) is 10.2. The average molecular weight is 494 g/mol. The van der Waals surface area contributed by atoms with Gasteiger partial charge in [-0.25, -0.2) is 12.8 Å². The van der Waals surface area contributed by atoms with E-state index < -0.39 is 27.3 Å². The van der Waals surface area contributed by atoms with E-state index in [1.807, 2.05) is 0 Å². The topological polar surface area (TPSA) is 87.2 Å². The lowest BCUT2D eigenvalue weighted by molar-refractivity contribution is -0.140. The summed E-state index contributed by atoms with van der Waals surface area (Å²) in [6.45, 7) is 4.18. The molecule has 0 aromatic heterocycles. The Morgan fingerprint density at radius 1 is 1.03 bits per heavy atom. The van der Waals surface area contributed by atoms with Crippen molar-refractivity contribution in [2.45, 2.75) is 56.0 Å². The molecule has 0 radical (unpaired) electrons. The number of amides is 2. The number of morpholine rings is 1. The van der Waals surface area contributed by atoms with Crippen LogP contribution < -0.4 is 0 Å². The number of hydrogen-bond acceptors (Lipinski definition) is 5. The number of rotatable bonds is 6. The fourth-order valence-electron chi connectivity index (χ4n) is 5.50. The first kappa shape index (κ1) is 23.7. The molecule has 0 bridgehead atoms. The fraction of sp³-hybridized carbons (Fsp3) is 0.667. The number of ether oxygens (including phenoxy) is 1. The number of carbonyl (C=O) groups is 2. The summed E-state index contributed by atoms with van der Waals surface area (Å²) in [6.07, 6.45) is 3.74. The van der Waals surface area contributed by atoms with Crippen LogP contribution in [0.4, 0.5) is 4.39 Å². The SMILES string of the molecule is CC(=O)N1CCN(C(=O)CC2([C@H]3COC[C@@H](C4CC4)N3S(=O)(=O)c3ccc(F)cc3)CC2)CC1. The van der Waals surface area contributed by atoms with Gasteiger partial charge in [-0.3, -0.25) is 9.59 Å². The van der Waals surface area contributed by atoms with Gasteiger partial charge in [0.05, 0.1) is 30.2 Å². The first-order valence-corrected chi connectivity index (χ1v) is 13.6. The summed E-state index contributed by atoms with van der Waals surface area (Å²) in [5, 5.41) is 0. The highest BCUT2D eigenvalue weighted by Gasteiger charge is 2.59. The lowest BCUT2D eigenvalue weighted by Crippen LogP contribution is -2.59. The van der Waals surface area contributed by atoms with E-state index in [9.17, 15) is 22.4 Å². The molecule has 2 saturated heterocycles. The Labute approximate surface area is 200 Å². The van der Waals surface area contributed by atoms with Crippen LogP contribution in [0, 0.1) is 17.2 Å². The van der Waals surface area contributed by atoms with Gasteiger partial charge >= 0.3 is 0 Å². The molecule has 4 fully saturated rings. The molecule has 8 nitrogen and oxygen atoms in total. The van der Waals surface area contributed by atoms with Gasteiger partial charge in [-0.2, -0.15) is 4.31 Å². The van der Waals surface area contributed by atoms with Gasteiger partial charge in [0.15, 0.2) is 0 Å². The number of halogens is 1. The third-order valence-electron chi connectivity index (χ3n) is 7.93. The minimum absolute atomic E-state index is 0.00776. The van der Waals surface area contributed by atoms with Gasteiger partial charge in [0.1, 0.15) is 5.82 Å². The third kappa shape index (κ3) is 4.47. The van der Waals surface area contributed by atoms with Crippen molar-refractivity contribution in [2.24, 2.45) is 11.3 Å². The highest BCUT2D eigenvalue weighted by Crippen LogP contribution is 2.56. The monoisotopic (exact) mass is 493 g/mol. The maximum Gasteiger partial charge on any atom is 0.243 e. The molecule has 2 heterocycles. The van der Waals surface area contributed by atoms with E-state index in [1.54, 1.807) is 14.1 Å². The minimum Gasteiger partial charge on any atom is -0.378 e. The highest BCUT2D eigenvalue weighted by atomic mass is 32.2. The smallest absolute Gasteiger partial charge is 0.243 e. The molecule has 2 amide bonds.